The maximum atomic E-state index is 12.0. The predicted molar refractivity (Wildman–Crippen MR) is 93.2 cm³/mol. The summed E-state index contributed by atoms with van der Waals surface area (Å²) in [6.45, 7) is 7.50. The van der Waals surface area contributed by atoms with Gasteiger partial charge in [-0.2, -0.15) is 0 Å². The number of esters is 1. The molecule has 0 spiro atoms. The van der Waals surface area contributed by atoms with Crippen molar-refractivity contribution in [1.82, 2.24) is 0 Å². The van der Waals surface area contributed by atoms with Crippen LogP contribution in [0.25, 0.3) is 0 Å². The molecule has 0 aliphatic heterocycles. The maximum Gasteiger partial charge on any atom is 0.339 e. The fourth-order valence-electron chi connectivity index (χ4n) is 1.35. The molecular weight excluding hydrogens is 493 g/mol. The van der Waals surface area contributed by atoms with Gasteiger partial charge in [-0.1, -0.05) is 11.6 Å². The van der Waals surface area contributed by atoms with E-state index in [-0.39, 0.29) is 12.2 Å². The summed E-state index contributed by atoms with van der Waals surface area (Å²) in [4.78, 5) is 12.0. The van der Waals surface area contributed by atoms with Crippen molar-refractivity contribution in [2.45, 2.75) is 39.9 Å². The fraction of sp³-hybridized carbons (Fsp3) is 0.462. The summed E-state index contributed by atoms with van der Waals surface area (Å²) in [6, 6.07) is 1.70. The van der Waals surface area contributed by atoms with Crippen LogP contribution in [0.4, 0.5) is 0 Å². The quantitative estimate of drug-likeness (QED) is 0.330. The van der Waals surface area contributed by atoms with Crippen molar-refractivity contribution in [3.63, 3.8) is 0 Å². The number of benzene rings is 1. The van der Waals surface area contributed by atoms with Crippen molar-refractivity contribution in [3.05, 3.63) is 23.8 Å². The van der Waals surface area contributed by atoms with Crippen LogP contribution in [0.1, 0.15) is 38.1 Å². The molecule has 0 heterocycles. The lowest BCUT2D eigenvalue weighted by molar-refractivity contribution is 0.0378. The van der Waals surface area contributed by atoms with Gasteiger partial charge in [0.05, 0.1) is 29.9 Å². The molecule has 1 rings (SSSR count). The van der Waals surface area contributed by atoms with Crippen molar-refractivity contribution >= 4 is 62.8 Å². The number of carbonyl (C=O) groups is 1. The number of rotatable bonds is 4. The minimum Gasteiger partial charge on any atom is -0.489 e. The second kappa shape index (κ2) is 7.31. The molecule has 0 aromatic heterocycles. The zero-order chi connectivity index (χ0) is 14.7. The van der Waals surface area contributed by atoms with E-state index in [0.717, 1.165) is 7.14 Å². The standard InChI is InChI=1S/C13H15ClI2O3/c1-6(2)18-12-9(15)5-8(10(14)11(12)16)13(17)19-7(3)4/h5-7H,1-4H3. The van der Waals surface area contributed by atoms with Crippen LogP contribution < -0.4 is 4.74 Å². The highest BCUT2D eigenvalue weighted by Crippen LogP contribution is 2.36. The van der Waals surface area contributed by atoms with Gasteiger partial charge in [0.1, 0.15) is 5.75 Å². The Balaban J connectivity index is 3.21. The highest BCUT2D eigenvalue weighted by molar-refractivity contribution is 14.1. The summed E-state index contributed by atoms with van der Waals surface area (Å²) in [7, 11) is 0. The van der Waals surface area contributed by atoms with Gasteiger partial charge in [0.15, 0.2) is 0 Å². The third kappa shape index (κ3) is 4.63. The second-order valence-electron chi connectivity index (χ2n) is 4.48. The molecule has 6 heteroatoms. The zero-order valence-electron chi connectivity index (χ0n) is 11.1. The van der Waals surface area contributed by atoms with Crippen molar-refractivity contribution in [1.29, 1.82) is 0 Å². The van der Waals surface area contributed by atoms with Gasteiger partial charge >= 0.3 is 5.97 Å². The first-order chi connectivity index (χ1) is 8.73. The van der Waals surface area contributed by atoms with Crippen molar-refractivity contribution in [2.24, 2.45) is 0 Å². The van der Waals surface area contributed by atoms with Crippen LogP contribution in [-0.2, 0) is 4.74 Å². The van der Waals surface area contributed by atoms with E-state index < -0.39 is 5.97 Å². The van der Waals surface area contributed by atoms with E-state index in [1.807, 2.05) is 13.8 Å². The Morgan fingerprint density at radius 2 is 1.79 bits per heavy atom. The SMILES string of the molecule is CC(C)OC(=O)c1cc(I)c(OC(C)C)c(I)c1Cl. The molecule has 1 aromatic rings. The third-order valence-electron chi connectivity index (χ3n) is 2.03. The van der Waals surface area contributed by atoms with Crippen LogP contribution in [0.15, 0.2) is 6.07 Å². The molecule has 0 aliphatic carbocycles. The first kappa shape index (κ1) is 17.3. The van der Waals surface area contributed by atoms with Crippen LogP contribution in [0.2, 0.25) is 5.02 Å². The van der Waals surface area contributed by atoms with Gasteiger partial charge in [0.25, 0.3) is 0 Å². The average Bonchev–Trinajstić information content (AvgIpc) is 2.28. The Morgan fingerprint density at radius 1 is 1.21 bits per heavy atom. The Labute approximate surface area is 145 Å². The molecule has 0 amide bonds. The van der Waals surface area contributed by atoms with Crippen molar-refractivity contribution in [3.8, 4) is 5.75 Å². The third-order valence-corrected chi connectivity index (χ3v) is 4.57. The topological polar surface area (TPSA) is 35.5 Å². The average molecular weight is 509 g/mol. The molecule has 0 aliphatic rings. The van der Waals surface area contributed by atoms with Gasteiger partial charge in [0.2, 0.25) is 0 Å². The van der Waals surface area contributed by atoms with Crippen LogP contribution in [0, 0.1) is 7.14 Å². The second-order valence-corrected chi connectivity index (χ2v) is 7.10. The van der Waals surface area contributed by atoms with Crippen LogP contribution in [0.3, 0.4) is 0 Å². The van der Waals surface area contributed by atoms with Gasteiger partial charge in [-0.15, -0.1) is 0 Å². The van der Waals surface area contributed by atoms with E-state index in [0.29, 0.717) is 16.3 Å². The van der Waals surface area contributed by atoms with Crippen LogP contribution in [-0.4, -0.2) is 18.2 Å². The first-order valence-electron chi connectivity index (χ1n) is 5.79. The molecule has 0 bridgehead atoms. The normalized spacial score (nSPS) is 11.0. The highest BCUT2D eigenvalue weighted by Gasteiger charge is 2.21. The molecule has 0 saturated heterocycles. The molecule has 106 valence electrons. The van der Waals surface area contributed by atoms with E-state index in [1.165, 1.54) is 0 Å². The Hall–Kier alpha value is 0.240. The van der Waals surface area contributed by atoms with Crippen molar-refractivity contribution < 1.29 is 14.3 Å². The molecule has 1 aromatic carbocycles. The largest absolute Gasteiger partial charge is 0.489 e. The lowest BCUT2D eigenvalue weighted by atomic mass is 10.2. The maximum absolute atomic E-state index is 12.0. The van der Waals surface area contributed by atoms with Gasteiger partial charge in [-0.25, -0.2) is 4.79 Å². The Morgan fingerprint density at radius 3 is 2.26 bits per heavy atom. The van der Waals surface area contributed by atoms with Crippen LogP contribution in [0.5, 0.6) is 5.75 Å². The molecule has 0 radical (unpaired) electrons. The molecule has 3 nitrogen and oxygen atoms in total. The number of hydrogen-bond donors (Lipinski definition) is 0. The van der Waals surface area contributed by atoms with E-state index in [9.17, 15) is 4.79 Å². The summed E-state index contributed by atoms with van der Waals surface area (Å²) in [6.07, 6.45) is -0.128. The Bertz CT molecular complexity index is 487. The molecule has 0 unspecified atom stereocenters. The van der Waals surface area contributed by atoms with E-state index in [2.05, 4.69) is 45.2 Å². The van der Waals surface area contributed by atoms with E-state index in [4.69, 9.17) is 21.1 Å². The van der Waals surface area contributed by atoms with E-state index in [1.54, 1.807) is 19.9 Å². The summed E-state index contributed by atoms with van der Waals surface area (Å²) in [5.74, 6) is 0.300. The molecular formula is C13H15ClI2O3. The summed E-state index contributed by atoms with van der Waals surface area (Å²) < 4.78 is 12.5. The summed E-state index contributed by atoms with van der Waals surface area (Å²) in [5, 5.41) is 0.377. The molecule has 19 heavy (non-hydrogen) atoms. The van der Waals surface area contributed by atoms with Gasteiger partial charge in [-0.05, 0) is 78.9 Å². The molecule has 0 saturated carbocycles. The van der Waals surface area contributed by atoms with E-state index >= 15 is 0 Å². The number of halogens is 3. The molecule has 0 atom stereocenters. The molecule has 0 fully saturated rings. The summed E-state index contributed by atoms with van der Waals surface area (Å²) >= 11 is 10.5. The zero-order valence-corrected chi connectivity index (χ0v) is 16.2. The number of ether oxygens (including phenoxy) is 2. The first-order valence-corrected chi connectivity index (χ1v) is 8.32. The minimum atomic E-state index is -0.410. The number of hydrogen-bond acceptors (Lipinski definition) is 3. The fourth-order valence-corrected chi connectivity index (χ4v) is 3.50. The lowest BCUT2D eigenvalue weighted by Gasteiger charge is -2.17. The van der Waals surface area contributed by atoms with Gasteiger partial charge < -0.3 is 9.47 Å². The highest BCUT2D eigenvalue weighted by atomic mass is 127. The van der Waals surface area contributed by atoms with Gasteiger partial charge in [-0.3, -0.25) is 0 Å². The lowest BCUT2D eigenvalue weighted by Crippen LogP contribution is -2.14. The number of carbonyl (C=O) groups excluding carboxylic acids is 1. The molecule has 0 N–H and O–H groups in total. The summed E-state index contributed by atoms with van der Waals surface area (Å²) in [5.41, 5.74) is 0.375. The van der Waals surface area contributed by atoms with Gasteiger partial charge in [0, 0.05) is 0 Å². The minimum absolute atomic E-state index is 0.0477. The monoisotopic (exact) mass is 508 g/mol. The predicted octanol–water partition coefficient (Wildman–Crippen LogP) is 4.90. The smallest absolute Gasteiger partial charge is 0.339 e. The Kier molecular flexibility index (Phi) is 6.65. The van der Waals surface area contributed by atoms with Crippen molar-refractivity contribution in [2.75, 3.05) is 0 Å². The van der Waals surface area contributed by atoms with Crippen LogP contribution >= 0.6 is 56.8 Å².